The van der Waals surface area contributed by atoms with E-state index in [0.717, 1.165) is 5.56 Å². The fourth-order valence-electron chi connectivity index (χ4n) is 1.66. The minimum Gasteiger partial charge on any atom is -0.274 e. The quantitative estimate of drug-likeness (QED) is 0.709. The SMILES string of the molecule is O=C1CCCC(=O)N1C=Cc1ccccc1. The van der Waals surface area contributed by atoms with Crippen molar-refractivity contribution in [1.29, 1.82) is 0 Å². The highest BCUT2D eigenvalue weighted by molar-refractivity contribution is 5.99. The van der Waals surface area contributed by atoms with Gasteiger partial charge in [-0.15, -0.1) is 0 Å². The van der Waals surface area contributed by atoms with Crippen LogP contribution in [0.4, 0.5) is 0 Å². The van der Waals surface area contributed by atoms with Gasteiger partial charge < -0.3 is 0 Å². The van der Waals surface area contributed by atoms with Crippen LogP contribution < -0.4 is 0 Å². The molecule has 1 aliphatic heterocycles. The van der Waals surface area contributed by atoms with Crippen LogP contribution >= 0.6 is 0 Å². The molecular formula is C13H13NO2. The number of rotatable bonds is 2. The average Bonchev–Trinajstić information content (AvgIpc) is 2.30. The zero-order valence-corrected chi connectivity index (χ0v) is 8.93. The summed E-state index contributed by atoms with van der Waals surface area (Å²) in [5.74, 6) is -0.216. The summed E-state index contributed by atoms with van der Waals surface area (Å²) in [7, 11) is 0. The Morgan fingerprint density at radius 1 is 1.00 bits per heavy atom. The number of hydrogen-bond acceptors (Lipinski definition) is 2. The van der Waals surface area contributed by atoms with Crippen LogP contribution in [0.5, 0.6) is 0 Å². The number of likely N-dealkylation sites (tertiary alicyclic amines) is 1. The van der Waals surface area contributed by atoms with Crippen LogP contribution in [0.3, 0.4) is 0 Å². The molecule has 0 N–H and O–H groups in total. The van der Waals surface area contributed by atoms with Crippen LogP contribution in [0.1, 0.15) is 24.8 Å². The van der Waals surface area contributed by atoms with E-state index in [1.54, 1.807) is 12.3 Å². The summed E-state index contributed by atoms with van der Waals surface area (Å²) >= 11 is 0. The van der Waals surface area contributed by atoms with E-state index < -0.39 is 0 Å². The maximum absolute atomic E-state index is 11.5. The second kappa shape index (κ2) is 4.75. The molecular weight excluding hydrogens is 202 g/mol. The van der Waals surface area contributed by atoms with E-state index in [-0.39, 0.29) is 11.8 Å². The van der Waals surface area contributed by atoms with Crippen molar-refractivity contribution in [2.45, 2.75) is 19.3 Å². The van der Waals surface area contributed by atoms with Gasteiger partial charge in [0.05, 0.1) is 0 Å². The molecule has 2 rings (SSSR count). The Hall–Kier alpha value is -1.90. The largest absolute Gasteiger partial charge is 0.274 e. The Morgan fingerprint density at radius 2 is 1.62 bits per heavy atom. The van der Waals surface area contributed by atoms with Gasteiger partial charge >= 0.3 is 0 Å². The lowest BCUT2D eigenvalue weighted by atomic mass is 10.1. The summed E-state index contributed by atoms with van der Waals surface area (Å²) in [4.78, 5) is 24.2. The highest BCUT2D eigenvalue weighted by Gasteiger charge is 2.23. The van der Waals surface area contributed by atoms with Gasteiger partial charge in [-0.3, -0.25) is 14.5 Å². The van der Waals surface area contributed by atoms with Gasteiger partial charge in [0.25, 0.3) is 0 Å². The van der Waals surface area contributed by atoms with Gasteiger partial charge in [0.1, 0.15) is 0 Å². The smallest absolute Gasteiger partial charge is 0.233 e. The summed E-state index contributed by atoms with van der Waals surface area (Å²) in [5, 5.41) is 0. The predicted molar refractivity (Wildman–Crippen MR) is 61.2 cm³/mol. The Labute approximate surface area is 94.4 Å². The highest BCUT2D eigenvalue weighted by Crippen LogP contribution is 2.13. The first-order valence-electron chi connectivity index (χ1n) is 5.35. The van der Waals surface area contributed by atoms with Crippen molar-refractivity contribution in [2.24, 2.45) is 0 Å². The molecule has 1 aromatic rings. The molecule has 1 aromatic carbocycles. The summed E-state index contributed by atoms with van der Waals surface area (Å²) in [6.45, 7) is 0. The van der Waals surface area contributed by atoms with Gasteiger partial charge in [-0.25, -0.2) is 0 Å². The second-order valence-corrected chi connectivity index (χ2v) is 3.74. The van der Waals surface area contributed by atoms with Gasteiger partial charge in [0.2, 0.25) is 11.8 Å². The topological polar surface area (TPSA) is 37.4 Å². The second-order valence-electron chi connectivity index (χ2n) is 3.74. The van der Waals surface area contributed by atoms with Crippen molar-refractivity contribution in [3.63, 3.8) is 0 Å². The van der Waals surface area contributed by atoms with Gasteiger partial charge in [-0.1, -0.05) is 30.3 Å². The van der Waals surface area contributed by atoms with E-state index in [0.29, 0.717) is 19.3 Å². The minimum absolute atomic E-state index is 0.108. The van der Waals surface area contributed by atoms with Crippen LogP contribution in [-0.4, -0.2) is 16.7 Å². The molecule has 1 fully saturated rings. The number of imide groups is 1. The molecule has 0 saturated carbocycles. The molecule has 0 aliphatic carbocycles. The van der Waals surface area contributed by atoms with Crippen LogP contribution in [0, 0.1) is 0 Å². The van der Waals surface area contributed by atoms with Crippen molar-refractivity contribution >= 4 is 17.9 Å². The third-order valence-corrected chi connectivity index (χ3v) is 2.53. The predicted octanol–water partition coefficient (Wildman–Crippen LogP) is 2.20. The summed E-state index contributed by atoms with van der Waals surface area (Å²) in [6.07, 6.45) is 4.95. The molecule has 3 nitrogen and oxygen atoms in total. The molecule has 0 spiro atoms. The molecule has 0 unspecified atom stereocenters. The van der Waals surface area contributed by atoms with Gasteiger partial charge in [0, 0.05) is 19.0 Å². The maximum atomic E-state index is 11.5. The number of piperidine rings is 1. The zero-order valence-electron chi connectivity index (χ0n) is 8.93. The number of nitrogens with zero attached hydrogens (tertiary/aromatic N) is 1. The summed E-state index contributed by atoms with van der Waals surface area (Å²) in [6, 6.07) is 9.61. The molecule has 1 aliphatic rings. The maximum Gasteiger partial charge on any atom is 0.233 e. The van der Waals surface area contributed by atoms with E-state index in [1.165, 1.54) is 4.90 Å². The van der Waals surface area contributed by atoms with Gasteiger partial charge in [-0.2, -0.15) is 0 Å². The fourth-order valence-corrected chi connectivity index (χ4v) is 1.66. The highest BCUT2D eigenvalue weighted by atomic mass is 16.2. The van der Waals surface area contributed by atoms with Crippen molar-refractivity contribution in [2.75, 3.05) is 0 Å². The molecule has 0 bridgehead atoms. The average molecular weight is 215 g/mol. The lowest BCUT2D eigenvalue weighted by Crippen LogP contribution is -2.35. The lowest BCUT2D eigenvalue weighted by molar-refractivity contribution is -0.144. The Balaban J connectivity index is 2.11. The van der Waals surface area contributed by atoms with Crippen LogP contribution in [0.25, 0.3) is 6.08 Å². The Bertz CT molecular complexity index is 407. The molecule has 3 heteroatoms. The van der Waals surface area contributed by atoms with Crippen LogP contribution in [0.2, 0.25) is 0 Å². The third kappa shape index (κ3) is 2.37. The van der Waals surface area contributed by atoms with E-state index in [2.05, 4.69) is 0 Å². The van der Waals surface area contributed by atoms with Crippen molar-refractivity contribution < 1.29 is 9.59 Å². The standard InChI is InChI=1S/C13H13NO2/c15-12-7-4-8-13(16)14(12)10-9-11-5-2-1-3-6-11/h1-3,5-6,9-10H,4,7-8H2. The first-order chi connectivity index (χ1) is 7.77. The molecule has 0 atom stereocenters. The van der Waals surface area contributed by atoms with Crippen LogP contribution in [-0.2, 0) is 9.59 Å². The minimum atomic E-state index is -0.108. The van der Waals surface area contributed by atoms with E-state index in [9.17, 15) is 9.59 Å². The van der Waals surface area contributed by atoms with E-state index in [1.807, 2.05) is 30.3 Å². The first-order valence-corrected chi connectivity index (χ1v) is 5.35. The van der Waals surface area contributed by atoms with Crippen LogP contribution in [0.15, 0.2) is 36.5 Å². The number of carbonyl (C=O) groups excluding carboxylic acids is 2. The van der Waals surface area contributed by atoms with E-state index in [4.69, 9.17) is 0 Å². The van der Waals surface area contributed by atoms with Crippen molar-refractivity contribution in [1.82, 2.24) is 4.90 Å². The van der Waals surface area contributed by atoms with E-state index >= 15 is 0 Å². The first kappa shape index (κ1) is 10.6. The number of benzene rings is 1. The monoisotopic (exact) mass is 215 g/mol. The van der Waals surface area contributed by atoms with Crippen molar-refractivity contribution in [3.8, 4) is 0 Å². The van der Waals surface area contributed by atoms with Crippen molar-refractivity contribution in [3.05, 3.63) is 42.1 Å². The lowest BCUT2D eigenvalue weighted by Gasteiger charge is -2.20. The summed E-state index contributed by atoms with van der Waals surface area (Å²) < 4.78 is 0. The van der Waals surface area contributed by atoms with Gasteiger partial charge in [0.15, 0.2) is 0 Å². The molecule has 1 saturated heterocycles. The molecule has 2 amide bonds. The molecule has 0 aromatic heterocycles. The zero-order chi connectivity index (χ0) is 11.4. The number of hydrogen-bond donors (Lipinski definition) is 0. The molecule has 0 radical (unpaired) electrons. The number of carbonyl (C=O) groups is 2. The molecule has 82 valence electrons. The Kier molecular flexibility index (Phi) is 3.15. The normalized spacial score (nSPS) is 17.1. The Morgan fingerprint density at radius 3 is 2.25 bits per heavy atom. The fraction of sp³-hybridized carbons (Fsp3) is 0.231. The van der Waals surface area contributed by atoms with Gasteiger partial charge in [-0.05, 0) is 18.1 Å². The molecule has 1 heterocycles. The third-order valence-electron chi connectivity index (χ3n) is 2.53. The summed E-state index contributed by atoms with van der Waals surface area (Å²) in [5.41, 5.74) is 0.980. The number of amides is 2. The molecule has 16 heavy (non-hydrogen) atoms.